The molecule has 0 unspecified atom stereocenters. The molecule has 60 heavy (non-hydrogen) atoms. The smallest absolute Gasteiger partial charge is 0.102 e. The fourth-order valence-electron chi connectivity index (χ4n) is 9.25. The molecule has 0 N–H and O–H groups in total. The maximum absolute atomic E-state index is 11.8. The molecule has 2 heterocycles. The molecular weight excluding hydrogens is 729 g/mol. The van der Waals surface area contributed by atoms with Gasteiger partial charge in [-0.3, -0.25) is 0 Å². The largest absolute Gasteiger partial charge is 0.307 e. The summed E-state index contributed by atoms with van der Waals surface area (Å²) in [5.41, 5.74) is 13.4. The number of para-hydroxylation sites is 4. The first-order valence-electron chi connectivity index (χ1n) is 20.1. The van der Waals surface area contributed by atoms with Crippen molar-refractivity contribution in [1.29, 1.82) is 10.5 Å². The van der Waals surface area contributed by atoms with Gasteiger partial charge in [0.2, 0.25) is 0 Å². The van der Waals surface area contributed by atoms with E-state index in [-0.39, 0.29) is 0 Å². The Kier molecular flexibility index (Phi) is 8.22. The number of hydrogen-bond donors (Lipinski definition) is 0. The molecule has 278 valence electrons. The first-order chi connectivity index (χ1) is 29.7. The van der Waals surface area contributed by atoms with E-state index in [1.165, 1.54) is 0 Å². The van der Waals surface area contributed by atoms with E-state index in [4.69, 9.17) is 0 Å². The number of nitrogens with zero attached hydrogens (tertiary/aromatic N) is 4. The van der Waals surface area contributed by atoms with Crippen molar-refractivity contribution in [1.82, 2.24) is 9.13 Å². The van der Waals surface area contributed by atoms with Crippen LogP contribution in [0, 0.1) is 22.7 Å². The van der Waals surface area contributed by atoms with Crippen LogP contribution in [-0.4, -0.2) is 9.13 Å². The molecular formula is C56H34N4. The van der Waals surface area contributed by atoms with Crippen LogP contribution in [0.25, 0.3) is 99.5 Å². The van der Waals surface area contributed by atoms with Crippen molar-refractivity contribution in [3.05, 3.63) is 217 Å². The van der Waals surface area contributed by atoms with Crippen molar-refractivity contribution in [3.63, 3.8) is 0 Å². The molecule has 0 aliphatic heterocycles. The summed E-state index contributed by atoms with van der Waals surface area (Å²) in [6, 6.07) is 76.5. The molecule has 4 nitrogen and oxygen atoms in total. The lowest BCUT2D eigenvalue weighted by atomic mass is 9.85. The van der Waals surface area contributed by atoms with Gasteiger partial charge in [-0.05, 0) is 69.8 Å². The van der Waals surface area contributed by atoms with Crippen molar-refractivity contribution < 1.29 is 0 Å². The summed E-state index contributed by atoms with van der Waals surface area (Å²) in [6.07, 6.45) is 0. The lowest BCUT2D eigenvalue weighted by Gasteiger charge is -2.26. The van der Waals surface area contributed by atoms with E-state index in [1.807, 2.05) is 36.4 Å². The van der Waals surface area contributed by atoms with Crippen LogP contribution in [0.2, 0.25) is 0 Å². The summed E-state index contributed by atoms with van der Waals surface area (Å²) in [6.45, 7) is 0. The first kappa shape index (κ1) is 34.8. The lowest BCUT2D eigenvalue weighted by Crippen LogP contribution is -2.11. The zero-order valence-electron chi connectivity index (χ0n) is 32.4. The predicted molar refractivity (Wildman–Crippen MR) is 246 cm³/mol. The Morgan fingerprint density at radius 2 is 0.583 bits per heavy atom. The van der Waals surface area contributed by atoms with Gasteiger partial charge in [-0.2, -0.15) is 10.5 Å². The highest BCUT2D eigenvalue weighted by molar-refractivity contribution is 6.13. The van der Waals surface area contributed by atoms with Crippen molar-refractivity contribution in [2.24, 2.45) is 0 Å². The molecule has 0 saturated heterocycles. The summed E-state index contributed by atoms with van der Waals surface area (Å²) < 4.78 is 4.52. The van der Waals surface area contributed by atoms with Crippen molar-refractivity contribution in [2.45, 2.75) is 0 Å². The van der Waals surface area contributed by atoms with Crippen LogP contribution < -0.4 is 0 Å². The van der Waals surface area contributed by atoms with Gasteiger partial charge in [0.05, 0.1) is 44.6 Å². The van der Waals surface area contributed by atoms with Gasteiger partial charge in [0.15, 0.2) is 0 Å². The summed E-state index contributed by atoms with van der Waals surface area (Å²) in [5.74, 6) is 0. The molecule has 2 aromatic heterocycles. The van der Waals surface area contributed by atoms with Crippen LogP contribution in [0.3, 0.4) is 0 Å². The van der Waals surface area contributed by atoms with Gasteiger partial charge < -0.3 is 9.13 Å². The van der Waals surface area contributed by atoms with Crippen molar-refractivity contribution >= 4 is 43.6 Å². The van der Waals surface area contributed by atoms with Crippen molar-refractivity contribution in [2.75, 3.05) is 0 Å². The number of rotatable bonds is 6. The van der Waals surface area contributed by atoms with Gasteiger partial charge in [0, 0.05) is 32.7 Å². The fraction of sp³-hybridized carbons (Fsp3) is 0. The van der Waals surface area contributed by atoms with E-state index in [2.05, 4.69) is 191 Å². The molecule has 0 amide bonds. The molecule has 0 bridgehead atoms. The maximum Gasteiger partial charge on any atom is 0.102 e. The summed E-state index contributed by atoms with van der Waals surface area (Å²) >= 11 is 0. The molecule has 0 aliphatic rings. The third-order valence-electron chi connectivity index (χ3n) is 11.8. The van der Waals surface area contributed by atoms with Gasteiger partial charge in [-0.1, -0.05) is 170 Å². The van der Waals surface area contributed by atoms with Crippen LogP contribution in [0.15, 0.2) is 206 Å². The predicted octanol–water partition coefficient (Wildman–Crippen LogP) is 14.3. The zero-order chi connectivity index (χ0) is 40.2. The summed E-state index contributed by atoms with van der Waals surface area (Å²) in [4.78, 5) is 0. The van der Waals surface area contributed by atoms with Gasteiger partial charge >= 0.3 is 0 Å². The van der Waals surface area contributed by atoms with E-state index in [1.54, 1.807) is 0 Å². The highest BCUT2D eigenvalue weighted by Crippen LogP contribution is 2.49. The number of benzene rings is 9. The van der Waals surface area contributed by atoms with E-state index in [9.17, 15) is 10.5 Å². The topological polar surface area (TPSA) is 57.4 Å². The molecule has 0 saturated carbocycles. The third kappa shape index (κ3) is 5.37. The van der Waals surface area contributed by atoms with Crippen molar-refractivity contribution in [3.8, 4) is 68.0 Å². The van der Waals surface area contributed by atoms with E-state index in [0.717, 1.165) is 93.9 Å². The molecule has 0 radical (unpaired) electrons. The minimum absolute atomic E-state index is 0.424. The zero-order valence-corrected chi connectivity index (χ0v) is 32.4. The maximum atomic E-state index is 11.8. The van der Waals surface area contributed by atoms with E-state index in [0.29, 0.717) is 16.7 Å². The van der Waals surface area contributed by atoms with Gasteiger partial charge in [-0.15, -0.1) is 0 Å². The number of fused-ring (bicyclic) bond motifs is 6. The average Bonchev–Trinajstić information content (AvgIpc) is 3.84. The quantitative estimate of drug-likeness (QED) is 0.169. The SMILES string of the molecule is N#Cc1c(-c2cccc(-c3ccccc3)c2)c(C#N)c(-n2c3ccccc3c3ccccc32)c(-c2cccc(-c3ccccc3)c2)c1-n1c2ccccc2c2ccccc21. The first-order valence-corrected chi connectivity index (χ1v) is 20.1. The highest BCUT2D eigenvalue weighted by Gasteiger charge is 2.31. The van der Waals surface area contributed by atoms with Crippen LogP contribution in [0.5, 0.6) is 0 Å². The Labute approximate surface area is 347 Å². The molecule has 11 aromatic rings. The molecule has 11 rings (SSSR count). The minimum atomic E-state index is 0.424. The molecule has 0 fully saturated rings. The second kappa shape index (κ2) is 14.2. The molecule has 9 aromatic carbocycles. The van der Waals surface area contributed by atoms with E-state index >= 15 is 0 Å². The van der Waals surface area contributed by atoms with Gasteiger partial charge in [-0.25, -0.2) is 0 Å². The van der Waals surface area contributed by atoms with Crippen LogP contribution >= 0.6 is 0 Å². The average molecular weight is 763 g/mol. The normalized spacial score (nSPS) is 11.3. The molecule has 0 atom stereocenters. The number of hydrogen-bond acceptors (Lipinski definition) is 2. The third-order valence-corrected chi connectivity index (χ3v) is 11.8. The Morgan fingerprint density at radius 1 is 0.283 bits per heavy atom. The number of nitriles is 2. The molecule has 0 spiro atoms. The summed E-state index contributed by atoms with van der Waals surface area (Å²) in [7, 11) is 0. The van der Waals surface area contributed by atoms with Gasteiger partial charge in [0.1, 0.15) is 12.1 Å². The highest BCUT2D eigenvalue weighted by atomic mass is 15.0. The van der Waals surface area contributed by atoms with Crippen LogP contribution in [0.1, 0.15) is 11.1 Å². The Hall–Kier alpha value is -8.44. The number of aromatic nitrogens is 2. The Balaban J connectivity index is 1.41. The lowest BCUT2D eigenvalue weighted by molar-refractivity contribution is 1.12. The van der Waals surface area contributed by atoms with Gasteiger partial charge in [0.25, 0.3) is 0 Å². The fourth-order valence-corrected chi connectivity index (χ4v) is 9.25. The second-order valence-electron chi connectivity index (χ2n) is 15.1. The molecule has 0 aliphatic carbocycles. The second-order valence-corrected chi connectivity index (χ2v) is 15.1. The monoisotopic (exact) mass is 762 g/mol. The standard InChI is InChI=1S/C56H34N4/c57-35-47-53(41-23-15-21-39(33-41)37-17-3-1-4-18-37)48(36-58)56(60-51-31-13-9-27-45(51)46-28-10-14-32-52(46)60)54(42-24-16-22-40(34-42)38-19-5-2-6-20-38)55(47)59-49-29-11-7-25-43(49)44-26-8-12-30-50(44)59/h1-34H. The van der Waals surface area contributed by atoms with Crippen LogP contribution in [0.4, 0.5) is 0 Å². The summed E-state index contributed by atoms with van der Waals surface area (Å²) in [5, 5.41) is 27.9. The van der Waals surface area contributed by atoms with Crippen LogP contribution in [-0.2, 0) is 0 Å². The minimum Gasteiger partial charge on any atom is -0.307 e. The Morgan fingerprint density at radius 3 is 0.950 bits per heavy atom. The Bertz CT molecular complexity index is 3300. The van der Waals surface area contributed by atoms with E-state index < -0.39 is 0 Å². The molecule has 4 heteroatoms.